The lowest BCUT2D eigenvalue weighted by Gasteiger charge is -2.26. The Labute approximate surface area is 177 Å². The average Bonchev–Trinajstić information content (AvgIpc) is 2.90. The highest BCUT2D eigenvalue weighted by atomic mass is 16.6. The molecule has 1 aromatic carbocycles. The summed E-state index contributed by atoms with van der Waals surface area (Å²) in [5.74, 6) is -1.71. The Bertz CT molecular complexity index is 787. The minimum absolute atomic E-state index is 0.0546. The molecule has 164 valence electrons. The fourth-order valence-electron chi connectivity index (χ4n) is 3.80. The van der Waals surface area contributed by atoms with Crippen molar-refractivity contribution >= 4 is 23.7 Å². The van der Waals surface area contributed by atoms with Crippen LogP contribution in [0.3, 0.4) is 0 Å². The smallest absolute Gasteiger partial charge is 0.410 e. The molecule has 8 nitrogen and oxygen atoms in total. The van der Waals surface area contributed by atoms with E-state index in [2.05, 4.69) is 4.90 Å². The van der Waals surface area contributed by atoms with E-state index in [9.17, 15) is 14.4 Å². The predicted molar refractivity (Wildman–Crippen MR) is 112 cm³/mol. The number of carbonyl (C=O) groups is 3. The number of carboxylic acid groups (broad SMARTS) is 1. The molecule has 0 radical (unpaired) electrons. The van der Waals surface area contributed by atoms with E-state index in [0.717, 1.165) is 37.3 Å². The van der Waals surface area contributed by atoms with Crippen LogP contribution in [-0.2, 0) is 20.9 Å². The zero-order chi connectivity index (χ0) is 21.9. The van der Waals surface area contributed by atoms with Gasteiger partial charge in [-0.25, -0.2) is 4.79 Å². The maximum Gasteiger partial charge on any atom is 0.410 e. The maximum atomic E-state index is 12.3. The number of carboxylic acids is 1. The van der Waals surface area contributed by atoms with Crippen molar-refractivity contribution in [2.45, 2.75) is 45.8 Å². The first-order valence-corrected chi connectivity index (χ1v) is 10.4. The molecule has 2 amide bonds. The molecule has 0 bridgehead atoms. The SMILES string of the molecule is CC(C)(C)OC(=O)N1CCCN(Cc2ccc(N3CC(C(=O)O)CC3=O)cc2)CC1. The molecule has 3 rings (SSSR count). The maximum absolute atomic E-state index is 12.3. The highest BCUT2D eigenvalue weighted by Gasteiger charge is 2.35. The summed E-state index contributed by atoms with van der Waals surface area (Å²) in [6.07, 6.45) is 0.679. The van der Waals surface area contributed by atoms with Crippen molar-refractivity contribution in [2.24, 2.45) is 5.92 Å². The van der Waals surface area contributed by atoms with Crippen LogP contribution in [0.25, 0.3) is 0 Å². The van der Waals surface area contributed by atoms with Crippen LogP contribution in [0.15, 0.2) is 24.3 Å². The summed E-state index contributed by atoms with van der Waals surface area (Å²) >= 11 is 0. The zero-order valence-electron chi connectivity index (χ0n) is 18.0. The minimum Gasteiger partial charge on any atom is -0.481 e. The van der Waals surface area contributed by atoms with Crippen LogP contribution < -0.4 is 4.90 Å². The molecule has 0 aromatic heterocycles. The molecule has 2 saturated heterocycles. The van der Waals surface area contributed by atoms with Crippen LogP contribution in [0.4, 0.5) is 10.5 Å². The number of amides is 2. The van der Waals surface area contributed by atoms with E-state index in [0.29, 0.717) is 13.1 Å². The molecular formula is C22H31N3O5. The van der Waals surface area contributed by atoms with E-state index in [1.54, 1.807) is 9.80 Å². The second-order valence-corrected chi connectivity index (χ2v) is 9.01. The number of anilines is 1. The van der Waals surface area contributed by atoms with E-state index >= 15 is 0 Å². The number of carbonyl (C=O) groups excluding carboxylic acids is 2. The van der Waals surface area contributed by atoms with Gasteiger partial charge in [-0.3, -0.25) is 14.5 Å². The number of hydrogen-bond donors (Lipinski definition) is 1. The number of aliphatic carboxylic acids is 1. The van der Waals surface area contributed by atoms with Crippen LogP contribution in [0.2, 0.25) is 0 Å². The van der Waals surface area contributed by atoms with E-state index in [-0.39, 0.29) is 25.0 Å². The number of ether oxygens (including phenoxy) is 1. The Morgan fingerprint density at radius 2 is 1.80 bits per heavy atom. The van der Waals surface area contributed by atoms with Crippen molar-refractivity contribution < 1.29 is 24.2 Å². The summed E-state index contributed by atoms with van der Waals surface area (Å²) in [5, 5.41) is 9.14. The van der Waals surface area contributed by atoms with Crippen molar-refractivity contribution in [1.82, 2.24) is 9.80 Å². The van der Waals surface area contributed by atoms with Crippen molar-refractivity contribution in [3.05, 3.63) is 29.8 Å². The highest BCUT2D eigenvalue weighted by molar-refractivity contribution is 5.99. The molecule has 2 fully saturated rings. The molecule has 2 heterocycles. The third-order valence-corrected chi connectivity index (χ3v) is 5.37. The van der Waals surface area contributed by atoms with Crippen molar-refractivity contribution in [2.75, 3.05) is 37.6 Å². The first-order chi connectivity index (χ1) is 14.1. The normalized spacial score (nSPS) is 20.9. The highest BCUT2D eigenvalue weighted by Crippen LogP contribution is 2.26. The topological polar surface area (TPSA) is 90.4 Å². The van der Waals surface area contributed by atoms with Crippen LogP contribution in [-0.4, -0.2) is 71.2 Å². The second kappa shape index (κ2) is 9.04. The van der Waals surface area contributed by atoms with Gasteiger partial charge in [-0.1, -0.05) is 12.1 Å². The summed E-state index contributed by atoms with van der Waals surface area (Å²) in [6.45, 7) is 9.58. The standard InChI is InChI=1S/C22H31N3O5/c1-22(2,3)30-21(29)24-10-4-9-23(11-12-24)14-16-5-7-18(8-6-16)25-15-17(20(27)28)13-19(25)26/h5-8,17H,4,9-15H2,1-3H3,(H,27,28). The lowest BCUT2D eigenvalue weighted by molar-refractivity contribution is -0.141. The Morgan fingerprint density at radius 3 is 2.40 bits per heavy atom. The molecule has 8 heteroatoms. The molecule has 1 unspecified atom stereocenters. The summed E-state index contributed by atoms with van der Waals surface area (Å²) in [4.78, 5) is 41.2. The van der Waals surface area contributed by atoms with Crippen molar-refractivity contribution in [3.63, 3.8) is 0 Å². The molecule has 2 aliphatic heterocycles. The number of benzene rings is 1. The van der Waals surface area contributed by atoms with E-state index in [1.165, 1.54) is 0 Å². The molecule has 0 spiro atoms. The summed E-state index contributed by atoms with van der Waals surface area (Å²) in [6, 6.07) is 7.71. The van der Waals surface area contributed by atoms with Crippen LogP contribution in [0.1, 0.15) is 39.2 Å². The number of rotatable bonds is 4. The Kier molecular flexibility index (Phi) is 6.65. The van der Waals surface area contributed by atoms with Crippen LogP contribution >= 0.6 is 0 Å². The van der Waals surface area contributed by atoms with E-state index in [4.69, 9.17) is 9.84 Å². The van der Waals surface area contributed by atoms with Gasteiger partial charge >= 0.3 is 12.1 Å². The van der Waals surface area contributed by atoms with Crippen LogP contribution in [0, 0.1) is 5.92 Å². The van der Waals surface area contributed by atoms with E-state index in [1.807, 2.05) is 45.0 Å². The lowest BCUT2D eigenvalue weighted by atomic mass is 10.1. The van der Waals surface area contributed by atoms with Gasteiger partial charge in [0.15, 0.2) is 0 Å². The summed E-state index contributed by atoms with van der Waals surface area (Å²) < 4.78 is 5.48. The van der Waals surface area contributed by atoms with Gasteiger partial charge in [0, 0.05) is 51.4 Å². The third kappa shape index (κ3) is 5.72. The zero-order valence-corrected chi connectivity index (χ0v) is 18.0. The predicted octanol–water partition coefficient (Wildman–Crippen LogP) is 2.57. The van der Waals surface area contributed by atoms with E-state index < -0.39 is 17.5 Å². The number of hydrogen-bond acceptors (Lipinski definition) is 5. The van der Waals surface area contributed by atoms with Crippen molar-refractivity contribution in [3.8, 4) is 0 Å². The minimum atomic E-state index is -0.927. The molecule has 1 aromatic rings. The summed E-state index contributed by atoms with van der Waals surface area (Å²) in [5.41, 5.74) is 1.36. The quantitative estimate of drug-likeness (QED) is 0.810. The van der Waals surface area contributed by atoms with Gasteiger partial charge < -0.3 is 19.6 Å². The number of nitrogens with zero attached hydrogens (tertiary/aromatic N) is 3. The van der Waals surface area contributed by atoms with Gasteiger partial charge in [0.05, 0.1) is 5.92 Å². The van der Waals surface area contributed by atoms with Gasteiger partial charge in [-0.2, -0.15) is 0 Å². The Balaban J connectivity index is 1.54. The Morgan fingerprint density at radius 1 is 1.10 bits per heavy atom. The monoisotopic (exact) mass is 417 g/mol. The fraction of sp³-hybridized carbons (Fsp3) is 0.591. The van der Waals surface area contributed by atoms with Gasteiger partial charge in [0.1, 0.15) is 5.60 Å². The molecule has 1 atom stereocenters. The Hall–Kier alpha value is -2.61. The average molecular weight is 418 g/mol. The van der Waals surface area contributed by atoms with Gasteiger partial charge in [-0.15, -0.1) is 0 Å². The van der Waals surface area contributed by atoms with Gasteiger partial charge in [-0.05, 0) is 44.9 Å². The lowest BCUT2D eigenvalue weighted by Crippen LogP contribution is -2.39. The molecule has 0 saturated carbocycles. The first-order valence-electron chi connectivity index (χ1n) is 10.4. The molecule has 2 aliphatic rings. The molecule has 0 aliphatic carbocycles. The molecule has 30 heavy (non-hydrogen) atoms. The first kappa shape index (κ1) is 22.1. The van der Waals surface area contributed by atoms with Gasteiger partial charge in [0.2, 0.25) is 5.91 Å². The molecule has 1 N–H and O–H groups in total. The largest absolute Gasteiger partial charge is 0.481 e. The van der Waals surface area contributed by atoms with Gasteiger partial charge in [0.25, 0.3) is 0 Å². The fourth-order valence-corrected chi connectivity index (χ4v) is 3.80. The second-order valence-electron chi connectivity index (χ2n) is 9.01. The molecular weight excluding hydrogens is 386 g/mol. The van der Waals surface area contributed by atoms with Crippen LogP contribution in [0.5, 0.6) is 0 Å². The third-order valence-electron chi connectivity index (χ3n) is 5.37. The van der Waals surface area contributed by atoms with Crippen molar-refractivity contribution in [1.29, 1.82) is 0 Å². The summed E-state index contributed by atoms with van der Waals surface area (Å²) in [7, 11) is 0.